The van der Waals surface area contributed by atoms with Gasteiger partial charge < -0.3 is 15.8 Å². The number of anilines is 2. The Hall–Kier alpha value is -2.75. The van der Waals surface area contributed by atoms with E-state index in [2.05, 4.69) is 4.98 Å². The SMILES string of the molecule is CCCCN(C(=O)CSc1cccc[n+]1[O-])c1c(N)n(CCC)c(=O)[nH]c1=O. The first-order chi connectivity index (χ1) is 13.4. The number of aromatic nitrogens is 3. The van der Waals surface area contributed by atoms with Gasteiger partial charge in [0.2, 0.25) is 5.91 Å². The molecule has 2 rings (SSSR count). The van der Waals surface area contributed by atoms with Gasteiger partial charge in [0.05, 0.1) is 5.75 Å². The number of thioether (sulfide) groups is 1. The zero-order chi connectivity index (χ0) is 20.7. The third kappa shape index (κ3) is 4.94. The zero-order valence-electron chi connectivity index (χ0n) is 16.0. The van der Waals surface area contributed by atoms with Gasteiger partial charge in [-0.05, 0) is 30.7 Å². The molecule has 152 valence electrons. The van der Waals surface area contributed by atoms with Crippen LogP contribution >= 0.6 is 11.8 Å². The third-order valence-corrected chi connectivity index (χ3v) is 5.10. The molecule has 0 radical (unpaired) electrons. The number of hydrogen-bond donors (Lipinski definition) is 2. The molecule has 0 saturated carbocycles. The van der Waals surface area contributed by atoms with Crippen LogP contribution in [0, 0.1) is 5.21 Å². The fourth-order valence-corrected chi connectivity index (χ4v) is 3.49. The normalized spacial score (nSPS) is 10.8. The van der Waals surface area contributed by atoms with Gasteiger partial charge in [-0.25, -0.2) is 4.79 Å². The van der Waals surface area contributed by atoms with Crippen LogP contribution in [0.15, 0.2) is 39.0 Å². The van der Waals surface area contributed by atoms with E-state index in [0.29, 0.717) is 35.7 Å². The second-order valence-corrected chi connectivity index (χ2v) is 7.19. The molecule has 0 atom stereocenters. The van der Waals surface area contributed by atoms with Crippen LogP contribution in [0.3, 0.4) is 0 Å². The van der Waals surface area contributed by atoms with Crippen molar-refractivity contribution in [1.82, 2.24) is 9.55 Å². The Kier molecular flexibility index (Phi) is 7.68. The van der Waals surface area contributed by atoms with Crippen molar-refractivity contribution in [1.29, 1.82) is 0 Å². The van der Waals surface area contributed by atoms with E-state index in [9.17, 15) is 19.6 Å². The molecule has 10 heteroatoms. The van der Waals surface area contributed by atoms with Gasteiger partial charge in [0.1, 0.15) is 5.82 Å². The molecule has 0 saturated heterocycles. The molecule has 0 fully saturated rings. The molecular weight excluding hydrogens is 382 g/mol. The maximum atomic E-state index is 12.9. The number of nitrogens with two attached hydrogens (primary N) is 1. The highest BCUT2D eigenvalue weighted by Crippen LogP contribution is 2.21. The van der Waals surface area contributed by atoms with Crippen LogP contribution in [0.25, 0.3) is 0 Å². The average molecular weight is 407 g/mol. The molecule has 2 heterocycles. The van der Waals surface area contributed by atoms with Crippen LogP contribution < -0.4 is 26.6 Å². The lowest BCUT2D eigenvalue weighted by Crippen LogP contribution is -2.42. The average Bonchev–Trinajstić information content (AvgIpc) is 2.66. The van der Waals surface area contributed by atoms with Crippen molar-refractivity contribution in [3.8, 4) is 0 Å². The number of nitrogen functional groups attached to an aromatic ring is 1. The molecule has 0 aliphatic rings. The largest absolute Gasteiger partial charge is 0.618 e. The highest BCUT2D eigenvalue weighted by Gasteiger charge is 2.24. The number of amides is 1. The van der Waals surface area contributed by atoms with Crippen LogP contribution in [0.1, 0.15) is 33.1 Å². The lowest BCUT2D eigenvalue weighted by atomic mass is 10.2. The maximum absolute atomic E-state index is 12.9. The Morgan fingerprint density at radius 2 is 2.07 bits per heavy atom. The summed E-state index contributed by atoms with van der Waals surface area (Å²) in [6.45, 7) is 4.47. The molecule has 3 N–H and O–H groups in total. The number of carbonyl (C=O) groups excluding carboxylic acids is 1. The molecule has 1 amide bonds. The molecule has 0 aromatic carbocycles. The number of carbonyl (C=O) groups is 1. The number of hydrogen-bond acceptors (Lipinski definition) is 6. The molecule has 9 nitrogen and oxygen atoms in total. The highest BCUT2D eigenvalue weighted by atomic mass is 32.2. The summed E-state index contributed by atoms with van der Waals surface area (Å²) >= 11 is 1.08. The number of pyridine rings is 1. The predicted molar refractivity (Wildman–Crippen MR) is 109 cm³/mol. The first-order valence-electron chi connectivity index (χ1n) is 9.14. The number of H-pyrrole nitrogens is 1. The molecular formula is C18H25N5O4S. The lowest BCUT2D eigenvalue weighted by molar-refractivity contribution is -0.645. The van der Waals surface area contributed by atoms with Gasteiger partial charge >= 0.3 is 5.69 Å². The fourth-order valence-electron chi connectivity index (χ4n) is 2.70. The molecule has 0 spiro atoms. The van der Waals surface area contributed by atoms with Crippen LogP contribution in [-0.2, 0) is 11.3 Å². The van der Waals surface area contributed by atoms with E-state index in [-0.39, 0.29) is 23.2 Å². The number of rotatable bonds is 9. The summed E-state index contributed by atoms with van der Waals surface area (Å²) in [5.41, 5.74) is 4.80. The summed E-state index contributed by atoms with van der Waals surface area (Å²) in [4.78, 5) is 40.9. The van der Waals surface area contributed by atoms with Crippen LogP contribution in [0.2, 0.25) is 0 Å². The number of nitrogens with zero attached hydrogens (tertiary/aromatic N) is 3. The zero-order valence-corrected chi connectivity index (χ0v) is 16.8. The van der Waals surface area contributed by atoms with E-state index in [1.807, 2.05) is 13.8 Å². The lowest BCUT2D eigenvalue weighted by Gasteiger charge is -2.24. The van der Waals surface area contributed by atoms with Crippen molar-refractivity contribution in [2.45, 2.75) is 44.7 Å². The van der Waals surface area contributed by atoms with Gasteiger partial charge in [0.15, 0.2) is 11.9 Å². The standard InChI is InChI=1S/C18H25N5O4S/c1-3-5-10-21(13(24)12-28-14-8-6-7-11-23(14)27)15-16(19)22(9-4-2)18(26)20-17(15)25/h6-8,11H,3-5,9-10,12,19H2,1-2H3,(H,20,25,26). The molecule has 0 aliphatic carbocycles. The first kappa shape index (κ1) is 21.5. The number of unbranched alkanes of at least 4 members (excludes halogenated alkanes) is 1. The Morgan fingerprint density at radius 3 is 2.71 bits per heavy atom. The molecule has 0 unspecified atom stereocenters. The topological polar surface area (TPSA) is 128 Å². The third-order valence-electron chi connectivity index (χ3n) is 4.10. The molecule has 2 aromatic heterocycles. The van der Waals surface area contributed by atoms with E-state index < -0.39 is 11.2 Å². The van der Waals surface area contributed by atoms with E-state index in [1.54, 1.807) is 18.2 Å². The van der Waals surface area contributed by atoms with Gasteiger partial charge in [-0.1, -0.05) is 20.3 Å². The van der Waals surface area contributed by atoms with E-state index in [4.69, 9.17) is 5.73 Å². The fraction of sp³-hybridized carbons (Fsp3) is 0.444. The van der Waals surface area contributed by atoms with E-state index >= 15 is 0 Å². The maximum Gasteiger partial charge on any atom is 0.330 e. The van der Waals surface area contributed by atoms with Crippen molar-refractivity contribution in [2.75, 3.05) is 22.9 Å². The number of aromatic amines is 1. The molecule has 0 bridgehead atoms. The van der Waals surface area contributed by atoms with Crippen molar-refractivity contribution < 1.29 is 9.52 Å². The van der Waals surface area contributed by atoms with Gasteiger partial charge in [-0.15, -0.1) is 0 Å². The van der Waals surface area contributed by atoms with Crippen molar-refractivity contribution >= 4 is 29.2 Å². The van der Waals surface area contributed by atoms with Crippen LogP contribution in [0.5, 0.6) is 0 Å². The first-order valence-corrected chi connectivity index (χ1v) is 10.1. The summed E-state index contributed by atoms with van der Waals surface area (Å²) in [5, 5.41) is 12.1. The summed E-state index contributed by atoms with van der Waals surface area (Å²) in [7, 11) is 0. The summed E-state index contributed by atoms with van der Waals surface area (Å²) in [6.07, 6.45) is 3.47. The summed E-state index contributed by atoms with van der Waals surface area (Å²) in [5.74, 6) is -0.424. The van der Waals surface area contributed by atoms with Crippen LogP contribution in [0.4, 0.5) is 11.5 Å². The second-order valence-electron chi connectivity index (χ2n) is 6.20. The van der Waals surface area contributed by atoms with Gasteiger partial charge in [-0.3, -0.25) is 19.1 Å². The number of nitrogens with one attached hydrogen (secondary N) is 1. The van der Waals surface area contributed by atoms with Gasteiger partial charge in [-0.2, -0.15) is 4.73 Å². The minimum absolute atomic E-state index is 0.0184. The Balaban J connectivity index is 2.36. The Morgan fingerprint density at radius 1 is 1.32 bits per heavy atom. The minimum atomic E-state index is -0.692. The van der Waals surface area contributed by atoms with Gasteiger partial charge in [0.25, 0.3) is 10.6 Å². The van der Waals surface area contributed by atoms with Crippen LogP contribution in [-0.4, -0.2) is 27.8 Å². The van der Waals surface area contributed by atoms with E-state index in [0.717, 1.165) is 18.2 Å². The predicted octanol–water partition coefficient (Wildman–Crippen LogP) is 1.09. The molecule has 0 aliphatic heterocycles. The highest BCUT2D eigenvalue weighted by molar-refractivity contribution is 7.99. The van der Waals surface area contributed by atoms with Gasteiger partial charge in [0, 0.05) is 25.2 Å². The Labute approximate surface area is 166 Å². The quantitative estimate of drug-likeness (QED) is 0.364. The van der Waals surface area contributed by atoms with Crippen molar-refractivity contribution in [3.63, 3.8) is 0 Å². The molecule has 2 aromatic rings. The summed E-state index contributed by atoms with van der Waals surface area (Å²) < 4.78 is 1.94. The second kappa shape index (κ2) is 9.98. The smallest absolute Gasteiger partial charge is 0.330 e. The van der Waals surface area contributed by atoms with Crippen molar-refractivity contribution in [2.24, 2.45) is 0 Å². The Bertz CT molecular complexity index is 940. The minimum Gasteiger partial charge on any atom is -0.618 e. The van der Waals surface area contributed by atoms with Crippen molar-refractivity contribution in [3.05, 3.63) is 50.4 Å². The monoisotopic (exact) mass is 407 g/mol. The van der Waals surface area contributed by atoms with E-state index in [1.165, 1.54) is 15.7 Å². The summed E-state index contributed by atoms with van der Waals surface area (Å²) in [6, 6.07) is 4.92. The molecule has 28 heavy (non-hydrogen) atoms.